The van der Waals surface area contributed by atoms with Crippen LogP contribution in [0.4, 0.5) is 0 Å². The minimum absolute atomic E-state index is 0.0816. The molecular formula is C17H15N3OS. The summed E-state index contributed by atoms with van der Waals surface area (Å²) in [5.74, 6) is -0.0816. The van der Waals surface area contributed by atoms with Gasteiger partial charge in [-0.15, -0.1) is 11.3 Å². The molecule has 0 fully saturated rings. The molecule has 0 atom stereocenters. The van der Waals surface area contributed by atoms with E-state index in [1.165, 1.54) is 11.3 Å². The third-order valence-electron chi connectivity index (χ3n) is 3.19. The van der Waals surface area contributed by atoms with E-state index in [1.807, 2.05) is 48.7 Å². The van der Waals surface area contributed by atoms with E-state index >= 15 is 0 Å². The van der Waals surface area contributed by atoms with Gasteiger partial charge in [0.05, 0.1) is 12.2 Å². The molecule has 1 amide bonds. The highest BCUT2D eigenvalue weighted by Crippen LogP contribution is 2.20. The van der Waals surface area contributed by atoms with Gasteiger partial charge >= 0.3 is 0 Å². The Kier molecular flexibility index (Phi) is 4.25. The van der Waals surface area contributed by atoms with Gasteiger partial charge in [0.25, 0.3) is 5.91 Å². The fourth-order valence-electron chi connectivity index (χ4n) is 2.08. The van der Waals surface area contributed by atoms with E-state index in [9.17, 15) is 4.79 Å². The van der Waals surface area contributed by atoms with Crippen molar-refractivity contribution in [3.8, 4) is 11.3 Å². The molecule has 0 bridgehead atoms. The molecule has 22 heavy (non-hydrogen) atoms. The Balaban J connectivity index is 1.65. The number of aromatic nitrogens is 2. The van der Waals surface area contributed by atoms with E-state index in [2.05, 4.69) is 15.3 Å². The summed E-state index contributed by atoms with van der Waals surface area (Å²) < 4.78 is 0. The van der Waals surface area contributed by atoms with Crippen molar-refractivity contribution in [1.82, 2.24) is 15.3 Å². The van der Waals surface area contributed by atoms with Crippen LogP contribution in [0.15, 0.2) is 54.2 Å². The monoisotopic (exact) mass is 309 g/mol. The summed E-state index contributed by atoms with van der Waals surface area (Å²) in [5.41, 5.74) is 3.61. The normalized spacial score (nSPS) is 10.4. The maximum Gasteiger partial charge on any atom is 0.251 e. The van der Waals surface area contributed by atoms with Crippen LogP contribution >= 0.6 is 11.3 Å². The molecule has 0 aliphatic heterocycles. The van der Waals surface area contributed by atoms with Crippen molar-refractivity contribution in [2.24, 2.45) is 0 Å². The number of carbonyl (C=O) groups excluding carboxylic acids is 1. The van der Waals surface area contributed by atoms with Gasteiger partial charge in [-0.2, -0.15) is 0 Å². The van der Waals surface area contributed by atoms with Crippen molar-refractivity contribution in [3.05, 3.63) is 70.3 Å². The lowest BCUT2D eigenvalue weighted by Gasteiger charge is -2.03. The van der Waals surface area contributed by atoms with Gasteiger partial charge in [0.1, 0.15) is 5.01 Å². The van der Waals surface area contributed by atoms with E-state index in [4.69, 9.17) is 0 Å². The molecule has 4 nitrogen and oxygen atoms in total. The minimum atomic E-state index is -0.0816. The topological polar surface area (TPSA) is 54.9 Å². The summed E-state index contributed by atoms with van der Waals surface area (Å²) in [7, 11) is 0. The van der Waals surface area contributed by atoms with Crippen molar-refractivity contribution >= 4 is 17.2 Å². The maximum absolute atomic E-state index is 12.1. The number of nitrogens with zero attached hydrogens (tertiary/aromatic N) is 2. The SMILES string of the molecule is Cc1cccc(C(=O)NCc2nc(-c3cccnc3)cs2)c1. The molecule has 0 aliphatic rings. The Morgan fingerprint density at radius 1 is 1.27 bits per heavy atom. The van der Waals surface area contributed by atoms with Crippen LogP contribution in [0.2, 0.25) is 0 Å². The number of pyridine rings is 1. The first-order chi connectivity index (χ1) is 10.7. The van der Waals surface area contributed by atoms with E-state index in [0.29, 0.717) is 12.1 Å². The second-order valence-corrected chi connectivity index (χ2v) is 5.86. The summed E-state index contributed by atoms with van der Waals surface area (Å²) in [5, 5.41) is 5.75. The lowest BCUT2D eigenvalue weighted by Crippen LogP contribution is -2.22. The average Bonchev–Trinajstić information content (AvgIpc) is 3.02. The molecule has 110 valence electrons. The highest BCUT2D eigenvalue weighted by Gasteiger charge is 2.08. The number of amides is 1. The second-order valence-electron chi connectivity index (χ2n) is 4.92. The lowest BCUT2D eigenvalue weighted by atomic mass is 10.1. The summed E-state index contributed by atoms with van der Waals surface area (Å²) in [4.78, 5) is 20.7. The minimum Gasteiger partial charge on any atom is -0.346 e. The molecule has 2 heterocycles. The molecule has 1 N–H and O–H groups in total. The number of hydrogen-bond donors (Lipinski definition) is 1. The van der Waals surface area contributed by atoms with Gasteiger partial charge in [-0.1, -0.05) is 17.7 Å². The van der Waals surface area contributed by atoms with Crippen LogP contribution in [0.25, 0.3) is 11.3 Å². The van der Waals surface area contributed by atoms with E-state index in [0.717, 1.165) is 21.8 Å². The Labute approximate surface area is 132 Å². The number of nitrogens with one attached hydrogen (secondary N) is 1. The van der Waals surface area contributed by atoms with E-state index in [1.54, 1.807) is 12.4 Å². The molecule has 0 unspecified atom stereocenters. The molecular weight excluding hydrogens is 294 g/mol. The summed E-state index contributed by atoms with van der Waals surface area (Å²) in [6.45, 7) is 2.40. The first-order valence-electron chi connectivity index (χ1n) is 6.92. The Morgan fingerprint density at radius 3 is 2.95 bits per heavy atom. The standard InChI is InChI=1S/C17H15N3OS/c1-12-4-2-5-13(8-12)17(21)19-10-16-20-15(11-22-16)14-6-3-7-18-9-14/h2-9,11H,10H2,1H3,(H,19,21). The number of hydrogen-bond acceptors (Lipinski definition) is 4. The predicted octanol–water partition coefficient (Wildman–Crippen LogP) is 3.44. The van der Waals surface area contributed by atoms with Gasteiger partial charge in [-0.05, 0) is 31.2 Å². The molecule has 0 radical (unpaired) electrons. The van der Waals surface area contributed by atoms with E-state index in [-0.39, 0.29) is 5.91 Å². The Morgan fingerprint density at radius 2 is 2.18 bits per heavy atom. The molecule has 5 heteroatoms. The van der Waals surface area contributed by atoms with Gasteiger partial charge in [-0.25, -0.2) is 4.98 Å². The van der Waals surface area contributed by atoms with Gasteiger partial charge in [0, 0.05) is 28.9 Å². The molecule has 0 saturated carbocycles. The summed E-state index contributed by atoms with van der Waals surface area (Å²) in [6.07, 6.45) is 3.52. The van der Waals surface area contributed by atoms with Crippen molar-refractivity contribution < 1.29 is 4.79 Å². The van der Waals surface area contributed by atoms with Crippen molar-refractivity contribution in [1.29, 1.82) is 0 Å². The van der Waals surface area contributed by atoms with Crippen LogP contribution in [0.1, 0.15) is 20.9 Å². The fraction of sp³-hybridized carbons (Fsp3) is 0.118. The maximum atomic E-state index is 12.1. The van der Waals surface area contributed by atoms with Crippen LogP contribution in [0.3, 0.4) is 0 Å². The number of benzene rings is 1. The van der Waals surface area contributed by atoms with Crippen LogP contribution in [-0.2, 0) is 6.54 Å². The van der Waals surface area contributed by atoms with Gasteiger partial charge < -0.3 is 5.32 Å². The van der Waals surface area contributed by atoms with Crippen LogP contribution in [0, 0.1) is 6.92 Å². The average molecular weight is 309 g/mol. The highest BCUT2D eigenvalue weighted by atomic mass is 32.1. The molecule has 1 aromatic carbocycles. The first kappa shape index (κ1) is 14.4. The van der Waals surface area contributed by atoms with Gasteiger partial charge in [0.2, 0.25) is 0 Å². The van der Waals surface area contributed by atoms with Crippen LogP contribution in [0.5, 0.6) is 0 Å². The van der Waals surface area contributed by atoms with Crippen molar-refractivity contribution in [2.75, 3.05) is 0 Å². The number of carbonyl (C=O) groups is 1. The second kappa shape index (κ2) is 6.49. The zero-order valence-corrected chi connectivity index (χ0v) is 12.9. The smallest absolute Gasteiger partial charge is 0.251 e. The molecule has 3 aromatic rings. The zero-order chi connectivity index (χ0) is 15.4. The summed E-state index contributed by atoms with van der Waals surface area (Å²) in [6, 6.07) is 11.4. The zero-order valence-electron chi connectivity index (χ0n) is 12.1. The largest absolute Gasteiger partial charge is 0.346 e. The number of rotatable bonds is 4. The number of aryl methyl sites for hydroxylation is 1. The Bertz CT molecular complexity index is 783. The molecule has 0 spiro atoms. The van der Waals surface area contributed by atoms with Crippen LogP contribution < -0.4 is 5.32 Å². The third kappa shape index (κ3) is 3.38. The number of thiazole rings is 1. The molecule has 3 rings (SSSR count). The molecule has 0 saturated heterocycles. The quantitative estimate of drug-likeness (QED) is 0.803. The fourth-order valence-corrected chi connectivity index (χ4v) is 2.83. The van der Waals surface area contributed by atoms with Gasteiger partial charge in [0.15, 0.2) is 0 Å². The highest BCUT2D eigenvalue weighted by molar-refractivity contribution is 7.09. The van der Waals surface area contributed by atoms with Crippen molar-refractivity contribution in [3.63, 3.8) is 0 Å². The summed E-state index contributed by atoms with van der Waals surface area (Å²) >= 11 is 1.53. The Hall–Kier alpha value is -2.53. The predicted molar refractivity (Wildman–Crippen MR) is 87.7 cm³/mol. The third-order valence-corrected chi connectivity index (χ3v) is 4.04. The van der Waals surface area contributed by atoms with Crippen LogP contribution in [-0.4, -0.2) is 15.9 Å². The first-order valence-corrected chi connectivity index (χ1v) is 7.80. The lowest BCUT2D eigenvalue weighted by molar-refractivity contribution is 0.0951. The van der Waals surface area contributed by atoms with E-state index < -0.39 is 0 Å². The van der Waals surface area contributed by atoms with Gasteiger partial charge in [-0.3, -0.25) is 9.78 Å². The molecule has 0 aliphatic carbocycles. The van der Waals surface area contributed by atoms with Crippen molar-refractivity contribution in [2.45, 2.75) is 13.5 Å². The molecule has 2 aromatic heterocycles.